The van der Waals surface area contributed by atoms with Gasteiger partial charge in [0.15, 0.2) is 16.3 Å². The molecule has 47 heavy (non-hydrogen) atoms. The Bertz CT molecular complexity index is 1930. The molecular weight excluding hydrogens is 616 g/mol. The lowest BCUT2D eigenvalue weighted by molar-refractivity contribution is -0.139. The summed E-state index contributed by atoms with van der Waals surface area (Å²) >= 11 is 1.26. The monoisotopic (exact) mass is 656 g/mol. The van der Waals surface area contributed by atoms with Gasteiger partial charge in [-0.1, -0.05) is 55.5 Å². The number of aromatic nitrogens is 1. The number of carbonyl (C=O) groups is 1. The third kappa shape index (κ3) is 7.44. The second kappa shape index (κ2) is 15.2. The van der Waals surface area contributed by atoms with Gasteiger partial charge in [-0.3, -0.25) is 9.36 Å². The Morgan fingerprint density at radius 3 is 2.30 bits per heavy atom. The molecule has 0 radical (unpaired) electrons. The van der Waals surface area contributed by atoms with Crippen molar-refractivity contribution in [2.75, 3.05) is 34.0 Å². The van der Waals surface area contributed by atoms with E-state index in [-0.39, 0.29) is 12.2 Å². The number of fused-ring (bicyclic) bond motifs is 1. The molecule has 0 unspecified atom stereocenters. The number of rotatable bonds is 13. The molecule has 2 heterocycles. The lowest BCUT2D eigenvalue weighted by Gasteiger charge is -2.24. The number of nitrogens with zero attached hydrogens (tertiary/aromatic N) is 2. The van der Waals surface area contributed by atoms with E-state index in [1.54, 1.807) is 50.8 Å². The van der Waals surface area contributed by atoms with Crippen molar-refractivity contribution in [2.45, 2.75) is 46.1 Å². The maximum Gasteiger partial charge on any atom is 0.338 e. The number of esters is 1. The Hall–Kier alpha value is -4.83. The van der Waals surface area contributed by atoms with Crippen LogP contribution in [0.4, 0.5) is 0 Å². The summed E-state index contributed by atoms with van der Waals surface area (Å²) < 4.78 is 30.2. The van der Waals surface area contributed by atoms with Crippen LogP contribution in [0.2, 0.25) is 0 Å². The topological polar surface area (TPSA) is 97.6 Å². The molecule has 0 saturated heterocycles. The third-order valence-electron chi connectivity index (χ3n) is 8.11. The number of carbonyl (C=O) groups excluding carboxylic acids is 1. The average Bonchev–Trinajstić information content (AvgIpc) is 3.39. The van der Waals surface area contributed by atoms with E-state index in [2.05, 4.69) is 31.0 Å². The molecule has 0 N–H and O–H groups in total. The van der Waals surface area contributed by atoms with Crippen LogP contribution >= 0.6 is 11.3 Å². The van der Waals surface area contributed by atoms with Gasteiger partial charge in [-0.05, 0) is 85.4 Å². The highest BCUT2D eigenvalue weighted by atomic mass is 32.1. The molecule has 0 bridgehead atoms. The molecule has 1 aromatic heterocycles. The van der Waals surface area contributed by atoms with Crippen LogP contribution in [0.5, 0.6) is 23.0 Å². The van der Waals surface area contributed by atoms with Crippen LogP contribution in [-0.2, 0) is 9.53 Å². The first kappa shape index (κ1) is 33.5. The van der Waals surface area contributed by atoms with Crippen molar-refractivity contribution in [2.24, 2.45) is 4.99 Å². The molecule has 1 aliphatic rings. The first-order valence-electron chi connectivity index (χ1n) is 15.6. The molecule has 0 aliphatic carbocycles. The van der Waals surface area contributed by atoms with E-state index in [9.17, 15) is 9.59 Å². The van der Waals surface area contributed by atoms with Gasteiger partial charge < -0.3 is 23.7 Å². The van der Waals surface area contributed by atoms with E-state index in [4.69, 9.17) is 23.7 Å². The minimum absolute atomic E-state index is 0.205. The molecule has 1 aliphatic heterocycles. The minimum atomic E-state index is -0.705. The smallest absolute Gasteiger partial charge is 0.338 e. The molecule has 2 atom stereocenters. The fourth-order valence-electron chi connectivity index (χ4n) is 5.38. The number of allylic oxidation sites excluding steroid dienone is 1. The molecule has 0 spiro atoms. The van der Waals surface area contributed by atoms with E-state index in [0.717, 1.165) is 23.3 Å². The van der Waals surface area contributed by atoms with E-state index in [0.29, 0.717) is 57.0 Å². The van der Waals surface area contributed by atoms with E-state index in [1.165, 1.54) is 16.9 Å². The van der Waals surface area contributed by atoms with Gasteiger partial charge in [0.1, 0.15) is 24.7 Å². The molecule has 4 aromatic rings. The molecular formula is C37H40N2O7S. The van der Waals surface area contributed by atoms with Crippen molar-refractivity contribution in [3.63, 3.8) is 0 Å². The molecule has 246 valence electrons. The second-order valence-corrected chi connectivity index (χ2v) is 12.1. The largest absolute Gasteiger partial charge is 0.497 e. The third-order valence-corrected chi connectivity index (χ3v) is 9.09. The number of hydrogen-bond acceptors (Lipinski definition) is 9. The molecule has 0 fully saturated rings. The lowest BCUT2D eigenvalue weighted by atomic mass is 9.96. The quantitative estimate of drug-likeness (QED) is 0.133. The zero-order valence-corrected chi connectivity index (χ0v) is 28.4. The summed E-state index contributed by atoms with van der Waals surface area (Å²) in [6.45, 7) is 8.80. The van der Waals surface area contributed by atoms with E-state index in [1.807, 2.05) is 42.5 Å². The highest BCUT2D eigenvalue weighted by molar-refractivity contribution is 7.07. The Morgan fingerprint density at radius 2 is 1.64 bits per heavy atom. The van der Waals surface area contributed by atoms with Crippen LogP contribution in [0, 0.1) is 0 Å². The average molecular weight is 657 g/mol. The van der Waals surface area contributed by atoms with Crippen molar-refractivity contribution in [3.05, 3.63) is 114 Å². The predicted molar refractivity (Wildman–Crippen MR) is 183 cm³/mol. The Morgan fingerprint density at radius 1 is 0.936 bits per heavy atom. The lowest BCUT2D eigenvalue weighted by Crippen LogP contribution is -2.39. The minimum Gasteiger partial charge on any atom is -0.497 e. The Kier molecular flexibility index (Phi) is 10.8. The molecule has 9 nitrogen and oxygen atoms in total. The zero-order valence-electron chi connectivity index (χ0n) is 27.6. The predicted octanol–water partition coefficient (Wildman–Crippen LogP) is 5.79. The van der Waals surface area contributed by atoms with Gasteiger partial charge in [0, 0.05) is 0 Å². The van der Waals surface area contributed by atoms with Gasteiger partial charge in [-0.15, -0.1) is 0 Å². The van der Waals surface area contributed by atoms with Gasteiger partial charge in [0.25, 0.3) is 5.56 Å². The van der Waals surface area contributed by atoms with Gasteiger partial charge >= 0.3 is 5.97 Å². The summed E-state index contributed by atoms with van der Waals surface area (Å²) in [5.41, 5.74) is 3.35. The summed E-state index contributed by atoms with van der Waals surface area (Å²) in [5, 5.41) is 0. The summed E-state index contributed by atoms with van der Waals surface area (Å²) in [7, 11) is 3.16. The van der Waals surface area contributed by atoms with Crippen molar-refractivity contribution in [3.8, 4) is 23.0 Å². The second-order valence-electron chi connectivity index (χ2n) is 11.1. The number of benzene rings is 3. The maximum absolute atomic E-state index is 14.0. The highest BCUT2D eigenvalue weighted by Gasteiger charge is 2.33. The van der Waals surface area contributed by atoms with Gasteiger partial charge in [-0.2, -0.15) is 0 Å². The van der Waals surface area contributed by atoms with Crippen LogP contribution in [0.15, 0.2) is 87.8 Å². The fourth-order valence-corrected chi connectivity index (χ4v) is 6.42. The first-order valence-corrected chi connectivity index (χ1v) is 16.5. The fraction of sp³-hybridized carbons (Fsp3) is 0.324. The summed E-state index contributed by atoms with van der Waals surface area (Å²) in [5.74, 6) is 2.57. The van der Waals surface area contributed by atoms with Gasteiger partial charge in [-0.25, -0.2) is 9.79 Å². The van der Waals surface area contributed by atoms with Crippen molar-refractivity contribution < 1.29 is 28.5 Å². The Balaban J connectivity index is 1.38. The van der Waals surface area contributed by atoms with Crippen molar-refractivity contribution in [1.29, 1.82) is 0 Å². The van der Waals surface area contributed by atoms with Crippen LogP contribution < -0.4 is 33.8 Å². The SMILES string of the molecule is CCOC(=O)C1=C(C)N=c2s/c(=C/c3ccc(OCCOc4ccc([C@@H](C)CC)cc4)c(OC)c3)c(=O)n2[C@@H]1c1ccc(OC)cc1. The molecule has 0 amide bonds. The molecule has 0 saturated carbocycles. The summed E-state index contributed by atoms with van der Waals surface area (Å²) in [4.78, 5) is 32.2. The van der Waals surface area contributed by atoms with Crippen molar-refractivity contribution >= 4 is 23.4 Å². The normalized spacial score (nSPS) is 15.0. The number of methoxy groups -OCH3 is 2. The van der Waals surface area contributed by atoms with Crippen LogP contribution in [0.1, 0.15) is 62.8 Å². The highest BCUT2D eigenvalue weighted by Crippen LogP contribution is 2.32. The first-order chi connectivity index (χ1) is 22.8. The number of thiazole rings is 1. The Labute approximate surface area is 278 Å². The van der Waals surface area contributed by atoms with E-state index < -0.39 is 12.0 Å². The van der Waals surface area contributed by atoms with Gasteiger partial charge in [0.05, 0.1) is 42.7 Å². The standard InChI is InChI=1S/C37H40N2O7S/c1-7-23(3)26-10-16-29(17-11-26)45-19-20-46-30-18-9-25(21-31(30)43-6)22-32-35(40)39-34(27-12-14-28(42-5)15-13-27)33(36(41)44-8-2)24(4)38-37(39)47-32/h9-18,21-23,34H,7-8,19-20H2,1-6H3/b32-22+/t23-,34+/m0/s1. The van der Waals surface area contributed by atoms with Crippen LogP contribution in [0.25, 0.3) is 6.08 Å². The van der Waals surface area contributed by atoms with Crippen LogP contribution in [0.3, 0.4) is 0 Å². The molecule has 10 heteroatoms. The number of hydrogen-bond donors (Lipinski definition) is 0. The maximum atomic E-state index is 14.0. The number of ether oxygens (including phenoxy) is 5. The van der Waals surface area contributed by atoms with Crippen molar-refractivity contribution in [1.82, 2.24) is 4.57 Å². The summed E-state index contributed by atoms with van der Waals surface area (Å²) in [6.07, 6.45) is 2.88. The van der Waals surface area contributed by atoms with Crippen LogP contribution in [-0.4, -0.2) is 44.6 Å². The zero-order chi connectivity index (χ0) is 33.5. The van der Waals surface area contributed by atoms with Gasteiger partial charge in [0.2, 0.25) is 0 Å². The summed E-state index contributed by atoms with van der Waals surface area (Å²) in [6, 6.07) is 20.2. The molecule has 3 aromatic carbocycles. The van der Waals surface area contributed by atoms with E-state index >= 15 is 0 Å². The molecule has 5 rings (SSSR count).